The zero-order valence-corrected chi connectivity index (χ0v) is 23.5. The monoisotopic (exact) mass is 576 g/mol. The molecule has 0 bridgehead atoms. The lowest BCUT2D eigenvalue weighted by atomic mass is 9.99. The van der Waals surface area contributed by atoms with Gasteiger partial charge in [0.25, 0.3) is 5.91 Å². The van der Waals surface area contributed by atoms with Gasteiger partial charge >= 0.3 is 5.97 Å². The Kier molecular flexibility index (Phi) is 10.6. The van der Waals surface area contributed by atoms with Crippen molar-refractivity contribution in [2.75, 3.05) is 13.2 Å². The molecule has 3 N–H and O–H groups in total. The number of nitrogens with one attached hydrogen (secondary N) is 2. The van der Waals surface area contributed by atoms with Crippen LogP contribution in [0.15, 0.2) is 83.3 Å². The number of aryl methyl sites for hydroxylation is 1. The van der Waals surface area contributed by atoms with E-state index < -0.39 is 35.7 Å². The number of halogens is 2. The smallest absolute Gasteiger partial charge is 0.374 e. The maximum atomic E-state index is 13.9. The fraction of sp³-hybridized carbons (Fsp3) is 0.273. The van der Waals surface area contributed by atoms with Gasteiger partial charge in [0, 0.05) is 30.3 Å². The van der Waals surface area contributed by atoms with E-state index in [1.165, 1.54) is 23.8 Å². The van der Waals surface area contributed by atoms with Gasteiger partial charge in [-0.2, -0.15) is 0 Å². The van der Waals surface area contributed by atoms with Crippen LogP contribution in [0.5, 0.6) is 0 Å². The molecule has 0 aliphatic carbocycles. The van der Waals surface area contributed by atoms with Gasteiger partial charge in [-0.25, -0.2) is 13.6 Å². The first-order valence-electron chi connectivity index (χ1n) is 13.9. The van der Waals surface area contributed by atoms with Crippen LogP contribution in [-0.4, -0.2) is 42.3 Å². The molecule has 1 aromatic heterocycles. The van der Waals surface area contributed by atoms with Crippen LogP contribution in [0.1, 0.15) is 51.5 Å². The minimum absolute atomic E-state index is 0.00460. The summed E-state index contributed by atoms with van der Waals surface area (Å²) >= 11 is 0. The van der Waals surface area contributed by atoms with E-state index in [4.69, 9.17) is 9.15 Å². The first-order valence-corrected chi connectivity index (χ1v) is 13.9. The molecule has 7 nitrogen and oxygen atoms in total. The van der Waals surface area contributed by atoms with Crippen LogP contribution in [0.25, 0.3) is 11.3 Å². The molecule has 220 valence electrons. The maximum absolute atomic E-state index is 13.9. The van der Waals surface area contributed by atoms with Crippen LogP contribution in [-0.2, 0) is 24.1 Å². The first-order chi connectivity index (χ1) is 20.2. The SMILES string of the molecule is CCOC(=O)c1ccc(-c2cccc(C(=O)N[C@@H](Cc3cc(F)cc(F)c3)[C@@H](O)CNCc3cccc(CC)c3)c2)o1. The summed E-state index contributed by atoms with van der Waals surface area (Å²) in [6, 6.07) is 20.0. The molecule has 0 aliphatic rings. The Labute approximate surface area is 243 Å². The van der Waals surface area contributed by atoms with E-state index in [2.05, 4.69) is 23.6 Å². The number of aliphatic hydroxyl groups is 1. The van der Waals surface area contributed by atoms with Crippen molar-refractivity contribution >= 4 is 11.9 Å². The van der Waals surface area contributed by atoms with Gasteiger partial charge in [0.15, 0.2) is 0 Å². The second-order valence-corrected chi connectivity index (χ2v) is 9.90. The Hall–Kier alpha value is -4.34. The fourth-order valence-electron chi connectivity index (χ4n) is 4.60. The highest BCUT2D eigenvalue weighted by Gasteiger charge is 2.23. The van der Waals surface area contributed by atoms with Crippen LogP contribution >= 0.6 is 0 Å². The molecule has 0 aliphatic heterocycles. The second-order valence-electron chi connectivity index (χ2n) is 9.90. The van der Waals surface area contributed by atoms with Crippen molar-refractivity contribution in [1.29, 1.82) is 0 Å². The minimum atomic E-state index is -1.07. The number of aliphatic hydroxyl groups excluding tert-OH is 1. The lowest BCUT2D eigenvalue weighted by Crippen LogP contribution is -2.48. The van der Waals surface area contributed by atoms with Crippen molar-refractivity contribution in [1.82, 2.24) is 10.6 Å². The molecule has 4 rings (SSSR count). The number of benzene rings is 3. The third-order valence-electron chi connectivity index (χ3n) is 6.73. The lowest BCUT2D eigenvalue weighted by Gasteiger charge is -2.25. The van der Waals surface area contributed by atoms with Crippen molar-refractivity contribution in [3.05, 3.63) is 119 Å². The molecule has 0 saturated carbocycles. The molecular weight excluding hydrogens is 542 g/mol. The second kappa shape index (κ2) is 14.5. The molecular formula is C33H34F2N2O5. The summed E-state index contributed by atoms with van der Waals surface area (Å²) in [7, 11) is 0. The Morgan fingerprint density at radius 3 is 2.38 bits per heavy atom. The Morgan fingerprint density at radius 1 is 0.905 bits per heavy atom. The topological polar surface area (TPSA) is 101 Å². The Morgan fingerprint density at radius 2 is 1.64 bits per heavy atom. The average molecular weight is 577 g/mol. The molecule has 0 fully saturated rings. The molecule has 1 heterocycles. The van der Waals surface area contributed by atoms with Gasteiger partial charge in [-0.3, -0.25) is 4.79 Å². The van der Waals surface area contributed by atoms with Crippen molar-refractivity contribution in [3.8, 4) is 11.3 Å². The van der Waals surface area contributed by atoms with Crippen LogP contribution in [0, 0.1) is 11.6 Å². The van der Waals surface area contributed by atoms with Gasteiger partial charge in [0.05, 0.1) is 18.8 Å². The van der Waals surface area contributed by atoms with Crippen molar-refractivity contribution < 1.29 is 32.6 Å². The van der Waals surface area contributed by atoms with Crippen molar-refractivity contribution in [2.24, 2.45) is 0 Å². The van der Waals surface area contributed by atoms with E-state index in [0.29, 0.717) is 23.4 Å². The summed E-state index contributed by atoms with van der Waals surface area (Å²) < 4.78 is 38.4. The summed E-state index contributed by atoms with van der Waals surface area (Å²) in [5.74, 6) is -2.16. The van der Waals surface area contributed by atoms with Gasteiger partial charge in [-0.1, -0.05) is 43.3 Å². The third-order valence-corrected chi connectivity index (χ3v) is 6.73. The third kappa shape index (κ3) is 8.34. The van der Waals surface area contributed by atoms with Gasteiger partial charge in [0.1, 0.15) is 17.4 Å². The number of hydrogen-bond acceptors (Lipinski definition) is 6. The highest BCUT2D eigenvalue weighted by atomic mass is 19.1. The van der Waals surface area contributed by atoms with Gasteiger partial charge < -0.3 is 24.9 Å². The van der Waals surface area contributed by atoms with E-state index >= 15 is 0 Å². The van der Waals surface area contributed by atoms with E-state index in [0.717, 1.165) is 18.1 Å². The minimum Gasteiger partial charge on any atom is -0.460 e. The van der Waals surface area contributed by atoms with Crippen molar-refractivity contribution in [2.45, 2.75) is 45.4 Å². The maximum Gasteiger partial charge on any atom is 0.374 e. The van der Waals surface area contributed by atoms with E-state index in [1.54, 1.807) is 37.3 Å². The zero-order valence-electron chi connectivity index (χ0n) is 23.5. The average Bonchev–Trinajstić information content (AvgIpc) is 3.47. The molecule has 2 atom stereocenters. The number of rotatable bonds is 13. The molecule has 3 aromatic carbocycles. The number of furan rings is 1. The quantitative estimate of drug-likeness (QED) is 0.183. The number of hydrogen-bond donors (Lipinski definition) is 3. The normalized spacial score (nSPS) is 12.5. The van der Waals surface area contributed by atoms with Crippen LogP contribution in [0.2, 0.25) is 0 Å². The van der Waals surface area contributed by atoms with Gasteiger partial charge in [-0.15, -0.1) is 0 Å². The fourth-order valence-corrected chi connectivity index (χ4v) is 4.60. The zero-order chi connectivity index (χ0) is 30.1. The van der Waals surface area contributed by atoms with E-state index in [-0.39, 0.29) is 30.9 Å². The van der Waals surface area contributed by atoms with Crippen molar-refractivity contribution in [3.63, 3.8) is 0 Å². The molecule has 0 spiro atoms. The molecule has 0 saturated heterocycles. The predicted octanol–water partition coefficient (Wildman–Crippen LogP) is 5.46. The molecule has 9 heteroatoms. The van der Waals surface area contributed by atoms with Gasteiger partial charge in [-0.05, 0) is 72.9 Å². The van der Waals surface area contributed by atoms with E-state index in [9.17, 15) is 23.5 Å². The highest BCUT2D eigenvalue weighted by molar-refractivity contribution is 5.95. The summed E-state index contributed by atoms with van der Waals surface area (Å²) in [6.07, 6.45) is -0.173. The summed E-state index contributed by atoms with van der Waals surface area (Å²) in [4.78, 5) is 25.3. The molecule has 42 heavy (non-hydrogen) atoms. The van der Waals surface area contributed by atoms with Crippen LogP contribution in [0.3, 0.4) is 0 Å². The van der Waals surface area contributed by atoms with Gasteiger partial charge in [0.2, 0.25) is 5.76 Å². The Bertz CT molecular complexity index is 1500. The van der Waals surface area contributed by atoms with Crippen LogP contribution < -0.4 is 10.6 Å². The number of carbonyl (C=O) groups is 2. The molecule has 0 unspecified atom stereocenters. The molecule has 4 aromatic rings. The largest absolute Gasteiger partial charge is 0.460 e. The number of amides is 1. The highest BCUT2D eigenvalue weighted by Crippen LogP contribution is 2.24. The van der Waals surface area contributed by atoms with E-state index in [1.807, 2.05) is 18.2 Å². The summed E-state index contributed by atoms with van der Waals surface area (Å²) in [5, 5.41) is 17.1. The Balaban J connectivity index is 1.49. The lowest BCUT2D eigenvalue weighted by molar-refractivity contribution is 0.0491. The first kappa shape index (κ1) is 30.6. The number of esters is 1. The van der Waals surface area contributed by atoms with Crippen LogP contribution in [0.4, 0.5) is 8.78 Å². The number of carbonyl (C=O) groups excluding carboxylic acids is 2. The predicted molar refractivity (Wildman–Crippen MR) is 155 cm³/mol. The summed E-state index contributed by atoms with van der Waals surface area (Å²) in [6.45, 7) is 4.60. The number of ether oxygens (including phenoxy) is 1. The summed E-state index contributed by atoms with van der Waals surface area (Å²) in [5.41, 5.74) is 3.37. The molecule has 0 radical (unpaired) electrons. The standard InChI is InChI=1S/C33H34F2N2O5/c1-3-21-7-5-8-22(13-21)19-36-20-29(38)28(16-23-14-26(34)18-27(35)15-23)37-32(39)25-10-6-9-24(17-25)30-11-12-31(42-30)33(40)41-4-2/h5-15,17-18,28-29,36,38H,3-4,16,19-20H2,1-2H3,(H,37,39)/t28-,29-/m0/s1. The molecule has 1 amide bonds.